The molecule has 1 nitrogen and oxygen atoms in total. The molecule has 0 spiro atoms. The van der Waals surface area contributed by atoms with E-state index < -0.39 is 0 Å². The summed E-state index contributed by atoms with van der Waals surface area (Å²) < 4.78 is 1.99. The molecular weight excluding hydrogens is 364 g/mol. The van der Waals surface area contributed by atoms with Crippen LogP contribution in [0.3, 0.4) is 0 Å². The first kappa shape index (κ1) is 13.0. The van der Waals surface area contributed by atoms with Crippen molar-refractivity contribution in [1.29, 1.82) is 0 Å². The van der Waals surface area contributed by atoms with Gasteiger partial charge in [0.1, 0.15) is 0 Å². The molecule has 0 bridgehead atoms. The average molecular weight is 374 g/mol. The molecule has 1 aromatic heterocycles. The summed E-state index contributed by atoms with van der Waals surface area (Å²) in [7, 11) is 0. The zero-order valence-electron chi connectivity index (χ0n) is 9.17. The number of carbonyl (C=O) groups excluding carboxylic acids is 1. The van der Waals surface area contributed by atoms with Gasteiger partial charge in [-0.1, -0.05) is 15.9 Å². The van der Waals surface area contributed by atoms with Crippen LogP contribution in [0.25, 0.3) is 0 Å². The number of ketones is 1. The van der Waals surface area contributed by atoms with E-state index in [0.717, 1.165) is 24.9 Å². The van der Waals surface area contributed by atoms with Crippen LogP contribution in [0.2, 0.25) is 0 Å². The minimum absolute atomic E-state index is 0.156. The summed E-state index contributed by atoms with van der Waals surface area (Å²) in [5.41, 5.74) is 1.86. The van der Waals surface area contributed by atoms with Gasteiger partial charge in [-0.2, -0.15) is 0 Å². The fourth-order valence-electron chi connectivity index (χ4n) is 1.60. The van der Waals surface area contributed by atoms with Crippen LogP contribution in [0, 0.1) is 6.92 Å². The highest BCUT2D eigenvalue weighted by Crippen LogP contribution is 2.22. The number of rotatable bonds is 3. The fourth-order valence-corrected chi connectivity index (χ4v) is 3.66. The normalized spacial score (nSPS) is 10.5. The van der Waals surface area contributed by atoms with Crippen molar-refractivity contribution < 1.29 is 4.79 Å². The van der Waals surface area contributed by atoms with Gasteiger partial charge in [0.15, 0.2) is 5.78 Å². The third-order valence-electron chi connectivity index (χ3n) is 2.32. The lowest BCUT2D eigenvalue weighted by atomic mass is 10.1. The molecule has 0 aliphatic rings. The fraction of sp³-hybridized carbons (Fsp3) is 0.154. The molecule has 0 amide bonds. The highest BCUT2D eigenvalue weighted by molar-refractivity contribution is 9.10. The number of carbonyl (C=O) groups is 1. The van der Waals surface area contributed by atoms with Crippen molar-refractivity contribution >= 4 is 49.0 Å². The molecule has 1 aromatic carbocycles. The van der Waals surface area contributed by atoms with E-state index in [0.29, 0.717) is 6.42 Å². The van der Waals surface area contributed by atoms with Crippen LogP contribution in [0.1, 0.15) is 20.8 Å². The summed E-state index contributed by atoms with van der Waals surface area (Å²) in [4.78, 5) is 13.2. The van der Waals surface area contributed by atoms with Crippen molar-refractivity contribution in [1.82, 2.24) is 0 Å². The van der Waals surface area contributed by atoms with Crippen molar-refractivity contribution in [2.45, 2.75) is 13.3 Å². The van der Waals surface area contributed by atoms with Crippen LogP contribution in [0.4, 0.5) is 0 Å². The lowest BCUT2D eigenvalue weighted by molar-refractivity contribution is 0.0993. The van der Waals surface area contributed by atoms with E-state index in [1.807, 2.05) is 36.6 Å². The van der Waals surface area contributed by atoms with Crippen molar-refractivity contribution in [2.75, 3.05) is 0 Å². The maximum Gasteiger partial charge on any atom is 0.168 e. The molecule has 0 saturated heterocycles. The van der Waals surface area contributed by atoms with Crippen LogP contribution in [-0.4, -0.2) is 5.78 Å². The van der Waals surface area contributed by atoms with Crippen molar-refractivity contribution in [2.24, 2.45) is 0 Å². The summed E-state index contributed by atoms with van der Waals surface area (Å²) in [6.45, 7) is 1.99. The second-order valence-corrected chi connectivity index (χ2v) is 6.68. The van der Waals surface area contributed by atoms with Gasteiger partial charge in [0.05, 0.1) is 0 Å². The number of benzene rings is 1. The molecule has 0 atom stereocenters. The quantitative estimate of drug-likeness (QED) is 0.691. The van der Waals surface area contributed by atoms with Gasteiger partial charge in [0.2, 0.25) is 0 Å². The van der Waals surface area contributed by atoms with Crippen LogP contribution < -0.4 is 0 Å². The molecule has 17 heavy (non-hydrogen) atoms. The van der Waals surface area contributed by atoms with E-state index in [2.05, 4.69) is 31.9 Å². The Bertz CT molecular complexity index is 540. The van der Waals surface area contributed by atoms with Crippen LogP contribution in [0.5, 0.6) is 0 Å². The Morgan fingerprint density at radius 3 is 2.53 bits per heavy atom. The summed E-state index contributed by atoms with van der Waals surface area (Å²) in [5.74, 6) is 0.156. The van der Waals surface area contributed by atoms with Crippen molar-refractivity contribution in [3.05, 3.63) is 54.6 Å². The second-order valence-electron chi connectivity index (χ2n) is 3.85. The maximum absolute atomic E-state index is 12.1. The van der Waals surface area contributed by atoms with Crippen molar-refractivity contribution in [3.8, 4) is 0 Å². The summed E-state index contributed by atoms with van der Waals surface area (Å²) in [5, 5.41) is 1.99. The SMILES string of the molecule is Cc1cc(Br)cc(C(=O)Cc2cc(Br)cs2)c1. The largest absolute Gasteiger partial charge is 0.294 e. The predicted octanol–water partition coefficient (Wildman–Crippen LogP) is 5.01. The summed E-state index contributed by atoms with van der Waals surface area (Å²) in [6.07, 6.45) is 0.464. The molecule has 0 radical (unpaired) electrons. The standard InChI is InChI=1S/C13H10Br2OS/c1-8-2-9(4-10(14)3-8)13(16)6-12-5-11(15)7-17-12/h2-5,7H,6H2,1H3. The Labute approximate surface area is 121 Å². The minimum atomic E-state index is 0.156. The molecule has 0 aliphatic carbocycles. The number of halogens is 2. The number of hydrogen-bond acceptors (Lipinski definition) is 2. The van der Waals surface area contributed by atoms with E-state index in [1.165, 1.54) is 0 Å². The number of thiophene rings is 1. The topological polar surface area (TPSA) is 17.1 Å². The number of aryl methyl sites for hydroxylation is 1. The molecule has 2 rings (SSSR count). The van der Waals surface area contributed by atoms with E-state index in [-0.39, 0.29) is 5.78 Å². The van der Waals surface area contributed by atoms with E-state index in [9.17, 15) is 4.79 Å². The first-order valence-corrected chi connectivity index (χ1v) is 7.54. The Balaban J connectivity index is 2.19. The van der Waals surface area contributed by atoms with Crippen LogP contribution in [-0.2, 0) is 6.42 Å². The molecule has 88 valence electrons. The summed E-state index contributed by atoms with van der Waals surface area (Å²) >= 11 is 8.41. The zero-order valence-corrected chi connectivity index (χ0v) is 13.2. The summed E-state index contributed by atoms with van der Waals surface area (Å²) in [6, 6.07) is 7.79. The Kier molecular flexibility index (Phi) is 4.17. The Morgan fingerprint density at radius 2 is 1.94 bits per heavy atom. The highest BCUT2D eigenvalue weighted by Gasteiger charge is 2.09. The van der Waals surface area contributed by atoms with Gasteiger partial charge in [-0.05, 0) is 52.7 Å². The Hall–Kier alpha value is -0.450. The Morgan fingerprint density at radius 1 is 1.18 bits per heavy atom. The molecule has 0 N–H and O–H groups in total. The molecule has 0 unspecified atom stereocenters. The third kappa shape index (κ3) is 3.50. The lowest BCUT2D eigenvalue weighted by Crippen LogP contribution is -2.02. The first-order chi connectivity index (χ1) is 8.04. The molecule has 2 aromatic rings. The number of Topliss-reactive ketones (excluding diaryl/α,β-unsaturated/α-hetero) is 1. The molecule has 0 aliphatic heterocycles. The first-order valence-electron chi connectivity index (χ1n) is 5.08. The van der Waals surface area contributed by atoms with E-state index >= 15 is 0 Å². The van der Waals surface area contributed by atoms with Gasteiger partial charge in [0, 0.05) is 31.2 Å². The molecule has 0 saturated carbocycles. The van der Waals surface area contributed by atoms with Gasteiger partial charge in [-0.15, -0.1) is 11.3 Å². The van der Waals surface area contributed by atoms with Gasteiger partial charge in [-0.25, -0.2) is 0 Å². The lowest BCUT2D eigenvalue weighted by Gasteiger charge is -2.02. The van der Waals surface area contributed by atoms with Gasteiger partial charge in [-0.3, -0.25) is 4.79 Å². The second kappa shape index (κ2) is 5.46. The molecule has 4 heteroatoms. The van der Waals surface area contributed by atoms with Crippen molar-refractivity contribution in [3.63, 3.8) is 0 Å². The van der Waals surface area contributed by atoms with Gasteiger partial charge in [0.25, 0.3) is 0 Å². The minimum Gasteiger partial charge on any atom is -0.294 e. The molecule has 1 heterocycles. The smallest absolute Gasteiger partial charge is 0.168 e. The molecule has 0 fully saturated rings. The van der Waals surface area contributed by atoms with Gasteiger partial charge < -0.3 is 0 Å². The van der Waals surface area contributed by atoms with E-state index in [1.54, 1.807) is 11.3 Å². The number of hydrogen-bond donors (Lipinski definition) is 0. The third-order valence-corrected chi connectivity index (χ3v) is 4.48. The monoisotopic (exact) mass is 372 g/mol. The van der Waals surface area contributed by atoms with Gasteiger partial charge >= 0.3 is 0 Å². The average Bonchev–Trinajstić information content (AvgIpc) is 2.62. The molecular formula is C13H10Br2OS. The van der Waals surface area contributed by atoms with Crippen LogP contribution in [0.15, 0.2) is 38.6 Å². The predicted molar refractivity (Wildman–Crippen MR) is 78.9 cm³/mol. The highest BCUT2D eigenvalue weighted by atomic mass is 79.9. The maximum atomic E-state index is 12.1. The van der Waals surface area contributed by atoms with E-state index in [4.69, 9.17) is 0 Å². The van der Waals surface area contributed by atoms with Crippen LogP contribution >= 0.6 is 43.2 Å². The zero-order chi connectivity index (χ0) is 12.4.